The highest BCUT2D eigenvalue weighted by Gasteiger charge is 2.30. The third kappa shape index (κ3) is 4.41. The maximum atomic E-state index is 12.7. The van der Waals surface area contributed by atoms with Crippen molar-refractivity contribution in [2.24, 2.45) is 5.92 Å². The fraction of sp³-hybridized carbons (Fsp3) is 0.556. The monoisotopic (exact) mass is 302 g/mol. The maximum absolute atomic E-state index is 12.7. The zero-order valence-electron chi connectivity index (χ0n) is 13.4. The molecule has 0 spiro atoms. The number of benzene rings is 1. The molecular weight excluding hydrogens is 276 g/mol. The number of hydrogen-bond acceptors (Lipinski definition) is 3. The van der Waals surface area contributed by atoms with E-state index in [-0.39, 0.29) is 17.7 Å². The molecule has 2 rings (SSSR count). The first kappa shape index (κ1) is 16.7. The van der Waals surface area contributed by atoms with Gasteiger partial charge in [0.05, 0.1) is 0 Å². The van der Waals surface area contributed by atoms with Crippen LogP contribution in [0.15, 0.2) is 30.3 Å². The van der Waals surface area contributed by atoms with Crippen LogP contribution in [0.1, 0.15) is 62.2 Å². The Morgan fingerprint density at radius 3 is 2.45 bits per heavy atom. The first-order valence-corrected chi connectivity index (χ1v) is 8.41. The number of nitrogens with zero attached hydrogens (tertiary/aromatic N) is 1. The van der Waals surface area contributed by atoms with Crippen LogP contribution in [0, 0.1) is 5.92 Å². The Balaban J connectivity index is 2.10. The predicted octanol–water partition coefficient (Wildman–Crippen LogP) is 3.54. The number of hydrazine groups is 1. The molecule has 1 fully saturated rings. The Morgan fingerprint density at radius 1 is 1.14 bits per heavy atom. The number of unbranched alkanes of at least 4 members (excludes halogenated alkanes) is 1. The van der Waals surface area contributed by atoms with Gasteiger partial charge in [0.2, 0.25) is 5.91 Å². The van der Waals surface area contributed by atoms with Crippen molar-refractivity contribution < 1.29 is 9.59 Å². The Bertz CT molecular complexity index is 481. The van der Waals surface area contributed by atoms with E-state index in [0.29, 0.717) is 12.1 Å². The highest BCUT2D eigenvalue weighted by molar-refractivity contribution is 6.04. The van der Waals surface area contributed by atoms with Crippen molar-refractivity contribution in [2.45, 2.75) is 51.9 Å². The van der Waals surface area contributed by atoms with Crippen LogP contribution in [0.2, 0.25) is 0 Å². The van der Waals surface area contributed by atoms with Gasteiger partial charge in [0.25, 0.3) is 5.91 Å². The smallest absolute Gasteiger partial charge is 0.273 e. The van der Waals surface area contributed by atoms with Crippen LogP contribution in [-0.2, 0) is 4.79 Å². The van der Waals surface area contributed by atoms with E-state index in [1.807, 2.05) is 18.2 Å². The summed E-state index contributed by atoms with van der Waals surface area (Å²) in [5.41, 5.74) is 3.60. The molecule has 4 nitrogen and oxygen atoms in total. The van der Waals surface area contributed by atoms with Gasteiger partial charge in [0.15, 0.2) is 0 Å². The topological polar surface area (TPSA) is 49.4 Å². The van der Waals surface area contributed by atoms with Crippen molar-refractivity contribution in [3.05, 3.63) is 35.9 Å². The standard InChI is InChI=1S/C18H26N2O2/c1-2-3-14-19-20(17(21)15-10-6-4-7-11-15)18(22)16-12-8-5-9-13-16/h4,6-7,10-11,16,19H,2-3,5,8-9,12-14H2,1H3. The van der Waals surface area contributed by atoms with E-state index in [9.17, 15) is 9.59 Å². The second kappa shape index (κ2) is 8.69. The summed E-state index contributed by atoms with van der Waals surface area (Å²) in [6, 6.07) is 9.02. The Morgan fingerprint density at radius 2 is 1.82 bits per heavy atom. The molecule has 0 atom stereocenters. The summed E-state index contributed by atoms with van der Waals surface area (Å²) in [5, 5.41) is 1.26. The van der Waals surface area contributed by atoms with Crippen LogP contribution >= 0.6 is 0 Å². The lowest BCUT2D eigenvalue weighted by Crippen LogP contribution is -2.50. The van der Waals surface area contributed by atoms with Crippen LogP contribution in [0.3, 0.4) is 0 Å². The molecule has 0 unspecified atom stereocenters. The number of imide groups is 1. The van der Waals surface area contributed by atoms with E-state index in [0.717, 1.165) is 38.5 Å². The molecule has 1 aliphatic rings. The number of amides is 2. The summed E-state index contributed by atoms with van der Waals surface area (Å²) in [5.74, 6) is -0.326. The van der Waals surface area contributed by atoms with Gasteiger partial charge in [-0.25, -0.2) is 10.4 Å². The molecule has 0 aromatic heterocycles. The molecule has 0 radical (unpaired) electrons. The van der Waals surface area contributed by atoms with Crippen molar-refractivity contribution in [2.75, 3.05) is 6.54 Å². The van der Waals surface area contributed by atoms with E-state index < -0.39 is 0 Å². The van der Waals surface area contributed by atoms with Gasteiger partial charge in [0, 0.05) is 18.0 Å². The molecule has 0 bridgehead atoms. The Kier molecular flexibility index (Phi) is 6.59. The molecule has 4 heteroatoms. The van der Waals surface area contributed by atoms with Gasteiger partial charge in [-0.2, -0.15) is 0 Å². The molecule has 2 amide bonds. The first-order valence-electron chi connectivity index (χ1n) is 8.41. The predicted molar refractivity (Wildman–Crippen MR) is 87.1 cm³/mol. The highest BCUT2D eigenvalue weighted by Crippen LogP contribution is 2.25. The summed E-state index contributed by atoms with van der Waals surface area (Å²) in [6.07, 6.45) is 7.12. The molecule has 1 aromatic carbocycles. The van der Waals surface area contributed by atoms with Crippen LogP contribution in [0.25, 0.3) is 0 Å². The average molecular weight is 302 g/mol. The van der Waals surface area contributed by atoms with E-state index in [1.165, 1.54) is 11.4 Å². The van der Waals surface area contributed by atoms with E-state index in [4.69, 9.17) is 0 Å². The molecule has 0 aliphatic heterocycles. The van der Waals surface area contributed by atoms with Crippen molar-refractivity contribution in [3.8, 4) is 0 Å². The molecule has 22 heavy (non-hydrogen) atoms. The summed E-state index contributed by atoms with van der Waals surface area (Å²) >= 11 is 0. The average Bonchev–Trinajstić information content (AvgIpc) is 2.59. The fourth-order valence-corrected chi connectivity index (χ4v) is 2.86. The van der Waals surface area contributed by atoms with Crippen LogP contribution in [0.4, 0.5) is 0 Å². The normalized spacial score (nSPS) is 15.5. The number of carbonyl (C=O) groups is 2. The highest BCUT2D eigenvalue weighted by atomic mass is 16.2. The minimum Gasteiger partial charge on any atom is -0.273 e. The lowest BCUT2D eigenvalue weighted by Gasteiger charge is -2.28. The third-order valence-electron chi connectivity index (χ3n) is 4.20. The zero-order valence-corrected chi connectivity index (χ0v) is 13.4. The van der Waals surface area contributed by atoms with Crippen LogP contribution in [-0.4, -0.2) is 23.4 Å². The first-order chi connectivity index (χ1) is 10.7. The van der Waals surface area contributed by atoms with Gasteiger partial charge in [-0.05, 0) is 31.4 Å². The summed E-state index contributed by atoms with van der Waals surface area (Å²) in [6.45, 7) is 2.74. The molecule has 1 aromatic rings. The second-order valence-electron chi connectivity index (χ2n) is 5.94. The Hall–Kier alpha value is -1.68. The molecular formula is C18H26N2O2. The van der Waals surface area contributed by atoms with Crippen LogP contribution in [0.5, 0.6) is 0 Å². The van der Waals surface area contributed by atoms with Crippen molar-refractivity contribution in [1.82, 2.24) is 10.4 Å². The Labute approximate surface area is 132 Å². The molecule has 1 saturated carbocycles. The quantitative estimate of drug-likeness (QED) is 0.497. The second-order valence-corrected chi connectivity index (χ2v) is 5.94. The van der Waals surface area contributed by atoms with Gasteiger partial charge >= 0.3 is 0 Å². The van der Waals surface area contributed by atoms with Gasteiger partial charge < -0.3 is 0 Å². The minimum absolute atomic E-state index is 0.0180. The lowest BCUT2D eigenvalue weighted by atomic mass is 9.88. The number of hydrogen-bond donors (Lipinski definition) is 1. The number of carbonyl (C=O) groups excluding carboxylic acids is 2. The zero-order chi connectivity index (χ0) is 15.8. The molecule has 0 saturated heterocycles. The third-order valence-corrected chi connectivity index (χ3v) is 4.20. The summed E-state index contributed by atoms with van der Waals surface area (Å²) in [4.78, 5) is 25.4. The van der Waals surface area contributed by atoms with Crippen LogP contribution < -0.4 is 5.43 Å². The van der Waals surface area contributed by atoms with Gasteiger partial charge in [-0.15, -0.1) is 0 Å². The van der Waals surface area contributed by atoms with Crippen molar-refractivity contribution in [1.29, 1.82) is 0 Å². The summed E-state index contributed by atoms with van der Waals surface area (Å²) < 4.78 is 0. The summed E-state index contributed by atoms with van der Waals surface area (Å²) in [7, 11) is 0. The maximum Gasteiger partial charge on any atom is 0.275 e. The number of nitrogens with one attached hydrogen (secondary N) is 1. The van der Waals surface area contributed by atoms with Gasteiger partial charge in [-0.3, -0.25) is 9.59 Å². The number of rotatable bonds is 6. The molecule has 1 aliphatic carbocycles. The molecule has 120 valence electrons. The van der Waals surface area contributed by atoms with E-state index >= 15 is 0 Å². The fourth-order valence-electron chi connectivity index (χ4n) is 2.86. The minimum atomic E-state index is -0.243. The largest absolute Gasteiger partial charge is 0.275 e. The van der Waals surface area contributed by atoms with E-state index in [2.05, 4.69) is 12.3 Å². The lowest BCUT2D eigenvalue weighted by molar-refractivity contribution is -0.136. The SMILES string of the molecule is CCCCNN(C(=O)c1ccccc1)C(=O)C1CCCCC1. The van der Waals surface area contributed by atoms with E-state index in [1.54, 1.807) is 12.1 Å². The molecule has 0 heterocycles. The van der Waals surface area contributed by atoms with Crippen molar-refractivity contribution >= 4 is 11.8 Å². The van der Waals surface area contributed by atoms with Crippen molar-refractivity contribution in [3.63, 3.8) is 0 Å². The van der Waals surface area contributed by atoms with Gasteiger partial charge in [-0.1, -0.05) is 50.8 Å². The van der Waals surface area contributed by atoms with Gasteiger partial charge in [0.1, 0.15) is 0 Å². The molecule has 1 N–H and O–H groups in total.